The van der Waals surface area contributed by atoms with E-state index in [4.69, 9.17) is 0 Å². The molecule has 0 aliphatic rings. The van der Waals surface area contributed by atoms with E-state index in [-0.39, 0.29) is 10.8 Å². The number of nitrogens with zero attached hydrogens (tertiary/aromatic N) is 3. The van der Waals surface area contributed by atoms with E-state index in [9.17, 15) is 4.79 Å². The molecule has 0 radical (unpaired) electrons. The molecule has 0 spiro atoms. The molecule has 1 N–H and O–H groups in total. The number of hydrogen-bond acceptors (Lipinski definition) is 6. The first kappa shape index (κ1) is 13.3. The van der Waals surface area contributed by atoms with Gasteiger partial charge in [0.1, 0.15) is 10.8 Å². The molecule has 0 fully saturated rings. The van der Waals surface area contributed by atoms with Crippen molar-refractivity contribution >= 4 is 34.0 Å². The number of aromatic nitrogens is 4. The van der Waals surface area contributed by atoms with Crippen LogP contribution in [-0.2, 0) is 0 Å². The minimum atomic E-state index is -0.105. The zero-order valence-electron chi connectivity index (χ0n) is 11.0. The Balaban J connectivity index is 1.95. The Morgan fingerprint density at radius 1 is 1.30 bits per heavy atom. The first-order chi connectivity index (χ1) is 9.63. The van der Waals surface area contributed by atoms with Crippen molar-refractivity contribution in [2.45, 2.75) is 23.4 Å². The van der Waals surface area contributed by atoms with Crippen LogP contribution in [0.15, 0.2) is 33.4 Å². The first-order valence-corrected chi connectivity index (χ1v) is 7.79. The molecule has 2 heterocycles. The topological polar surface area (TPSA) is 71.5 Å². The summed E-state index contributed by atoms with van der Waals surface area (Å²) in [5, 5.41) is 9.62. The summed E-state index contributed by atoms with van der Waals surface area (Å²) in [7, 11) is 0. The smallest absolute Gasteiger partial charge is 0.258 e. The van der Waals surface area contributed by atoms with Crippen molar-refractivity contribution < 1.29 is 0 Å². The van der Waals surface area contributed by atoms with E-state index in [2.05, 4.69) is 20.2 Å². The maximum absolute atomic E-state index is 12.0. The maximum Gasteiger partial charge on any atom is 0.258 e. The van der Waals surface area contributed by atoms with E-state index in [1.165, 1.54) is 11.3 Å². The second-order valence-corrected chi connectivity index (χ2v) is 7.08. The Labute approximate surface area is 123 Å². The van der Waals surface area contributed by atoms with Gasteiger partial charge in [0.2, 0.25) is 0 Å². The van der Waals surface area contributed by atoms with Crippen LogP contribution in [0.1, 0.15) is 23.0 Å². The van der Waals surface area contributed by atoms with Crippen molar-refractivity contribution in [1.82, 2.24) is 20.2 Å². The van der Waals surface area contributed by atoms with Gasteiger partial charge in [-0.3, -0.25) is 4.79 Å². The van der Waals surface area contributed by atoms with Crippen LogP contribution in [0.2, 0.25) is 0 Å². The van der Waals surface area contributed by atoms with Crippen LogP contribution >= 0.6 is 23.1 Å². The van der Waals surface area contributed by atoms with Gasteiger partial charge in [-0.1, -0.05) is 35.2 Å². The van der Waals surface area contributed by atoms with Crippen LogP contribution in [0.25, 0.3) is 10.9 Å². The number of benzene rings is 1. The monoisotopic (exact) mass is 304 g/mol. The Morgan fingerprint density at radius 2 is 2.10 bits per heavy atom. The largest absolute Gasteiger partial charge is 0.309 e. The van der Waals surface area contributed by atoms with Gasteiger partial charge in [0.25, 0.3) is 5.56 Å². The fourth-order valence-electron chi connectivity index (χ4n) is 1.83. The minimum absolute atomic E-state index is 0.0136. The van der Waals surface area contributed by atoms with Gasteiger partial charge in [0.05, 0.1) is 16.2 Å². The second kappa shape index (κ2) is 5.34. The number of fused-ring (bicyclic) bond motifs is 1. The molecule has 5 nitrogen and oxygen atoms in total. The highest BCUT2D eigenvalue weighted by atomic mass is 32.2. The Hall–Kier alpha value is -1.73. The van der Waals surface area contributed by atoms with Crippen molar-refractivity contribution in [2.75, 3.05) is 0 Å². The van der Waals surface area contributed by atoms with Crippen molar-refractivity contribution in [2.24, 2.45) is 0 Å². The van der Waals surface area contributed by atoms with E-state index in [1.807, 2.05) is 32.0 Å². The zero-order chi connectivity index (χ0) is 14.1. The lowest BCUT2D eigenvalue weighted by Gasteiger charge is -2.08. The van der Waals surface area contributed by atoms with Crippen molar-refractivity contribution in [3.63, 3.8) is 0 Å². The molecule has 0 amide bonds. The third-order valence-electron chi connectivity index (χ3n) is 2.80. The fourth-order valence-corrected chi connectivity index (χ4v) is 3.85. The summed E-state index contributed by atoms with van der Waals surface area (Å²) >= 11 is 3.09. The van der Waals surface area contributed by atoms with Gasteiger partial charge in [-0.2, -0.15) is 0 Å². The lowest BCUT2D eigenvalue weighted by atomic mass is 10.2. The standard InChI is InChI=1S/C13H12N4OS2/c1-7(19-13-17-16-8(2)20-13)11-14-10-6-4-3-5-9(10)12(18)15-11/h3-7H,1-2H3,(H,14,15,18). The van der Waals surface area contributed by atoms with Gasteiger partial charge in [0.15, 0.2) is 4.34 Å². The average molecular weight is 304 g/mol. The number of rotatable bonds is 3. The molecule has 1 aromatic carbocycles. The summed E-state index contributed by atoms with van der Waals surface area (Å²) in [6.45, 7) is 3.91. The number of aromatic amines is 1. The van der Waals surface area contributed by atoms with E-state index in [0.29, 0.717) is 16.7 Å². The highest BCUT2D eigenvalue weighted by Gasteiger charge is 2.14. The Kier molecular flexibility index (Phi) is 3.54. The summed E-state index contributed by atoms with van der Waals surface area (Å²) in [4.78, 5) is 19.4. The van der Waals surface area contributed by atoms with Crippen LogP contribution in [0, 0.1) is 6.92 Å². The van der Waals surface area contributed by atoms with Gasteiger partial charge < -0.3 is 4.98 Å². The van der Waals surface area contributed by atoms with Crippen molar-refractivity contribution in [3.05, 3.63) is 45.5 Å². The van der Waals surface area contributed by atoms with Crippen LogP contribution in [0.4, 0.5) is 0 Å². The number of hydrogen-bond donors (Lipinski definition) is 1. The lowest BCUT2D eigenvalue weighted by molar-refractivity contribution is 0.914. The van der Waals surface area contributed by atoms with Crippen molar-refractivity contribution in [3.8, 4) is 0 Å². The molecule has 0 aliphatic carbocycles. The van der Waals surface area contributed by atoms with Gasteiger partial charge in [-0.15, -0.1) is 10.2 Å². The van der Waals surface area contributed by atoms with Gasteiger partial charge in [0, 0.05) is 0 Å². The molecule has 2 aromatic heterocycles. The van der Waals surface area contributed by atoms with Gasteiger partial charge in [-0.25, -0.2) is 4.98 Å². The Bertz CT molecular complexity index is 811. The molecule has 102 valence electrons. The summed E-state index contributed by atoms with van der Waals surface area (Å²) in [6.07, 6.45) is 0. The zero-order valence-corrected chi connectivity index (χ0v) is 12.6. The van der Waals surface area contributed by atoms with Crippen molar-refractivity contribution in [1.29, 1.82) is 0 Å². The van der Waals surface area contributed by atoms with E-state index >= 15 is 0 Å². The first-order valence-electron chi connectivity index (χ1n) is 6.09. The van der Waals surface area contributed by atoms with E-state index in [1.54, 1.807) is 17.8 Å². The maximum atomic E-state index is 12.0. The molecule has 0 bridgehead atoms. The summed E-state index contributed by atoms with van der Waals surface area (Å²) in [5.41, 5.74) is 0.610. The molecule has 0 saturated carbocycles. The average Bonchev–Trinajstić information content (AvgIpc) is 2.84. The molecule has 1 atom stereocenters. The number of aryl methyl sites for hydroxylation is 1. The summed E-state index contributed by atoms with van der Waals surface area (Å²) < 4.78 is 0.880. The van der Waals surface area contributed by atoms with E-state index < -0.39 is 0 Å². The molecule has 1 unspecified atom stereocenters. The van der Waals surface area contributed by atoms with Crippen LogP contribution in [0.3, 0.4) is 0 Å². The molecular formula is C13H12N4OS2. The molecule has 0 saturated heterocycles. The number of H-pyrrole nitrogens is 1. The second-order valence-electron chi connectivity index (χ2n) is 4.32. The van der Waals surface area contributed by atoms with Crippen LogP contribution in [0.5, 0.6) is 0 Å². The third-order valence-corrected chi connectivity index (χ3v) is 4.83. The van der Waals surface area contributed by atoms with Gasteiger partial charge in [-0.05, 0) is 26.0 Å². The fraction of sp³-hybridized carbons (Fsp3) is 0.231. The molecule has 0 aliphatic heterocycles. The molecule has 7 heteroatoms. The minimum Gasteiger partial charge on any atom is -0.309 e. The normalized spacial score (nSPS) is 12.7. The SMILES string of the molecule is Cc1nnc(SC(C)c2nc3ccccc3c(=O)[nH]2)s1. The highest BCUT2D eigenvalue weighted by molar-refractivity contribution is 8.01. The molecule has 3 rings (SSSR count). The lowest BCUT2D eigenvalue weighted by Crippen LogP contribution is -2.12. The quantitative estimate of drug-likeness (QED) is 0.753. The van der Waals surface area contributed by atoms with E-state index in [0.717, 1.165) is 9.35 Å². The molecule has 3 aromatic rings. The number of thioether (sulfide) groups is 1. The molecular weight excluding hydrogens is 292 g/mol. The summed E-state index contributed by atoms with van der Waals surface area (Å²) in [6, 6.07) is 7.34. The number of nitrogens with one attached hydrogen (secondary N) is 1. The van der Waals surface area contributed by atoms with Crippen LogP contribution < -0.4 is 5.56 Å². The predicted octanol–water partition coefficient (Wildman–Crippen LogP) is 2.94. The summed E-state index contributed by atoms with van der Waals surface area (Å²) in [5.74, 6) is 0.659. The third kappa shape index (κ3) is 2.59. The predicted molar refractivity (Wildman–Crippen MR) is 81.3 cm³/mol. The van der Waals surface area contributed by atoms with Crippen LogP contribution in [-0.4, -0.2) is 20.2 Å². The highest BCUT2D eigenvalue weighted by Crippen LogP contribution is 2.34. The van der Waals surface area contributed by atoms with Gasteiger partial charge >= 0.3 is 0 Å². The molecule has 20 heavy (non-hydrogen) atoms. The Morgan fingerprint density at radius 3 is 2.85 bits per heavy atom. The number of para-hydroxylation sites is 1.